The van der Waals surface area contributed by atoms with E-state index in [4.69, 9.17) is 9.47 Å². The van der Waals surface area contributed by atoms with Crippen molar-refractivity contribution in [1.82, 2.24) is 0 Å². The van der Waals surface area contributed by atoms with E-state index in [0.29, 0.717) is 22.7 Å². The van der Waals surface area contributed by atoms with E-state index in [1.54, 1.807) is 31.2 Å². The molecule has 0 saturated heterocycles. The van der Waals surface area contributed by atoms with E-state index >= 15 is 0 Å². The summed E-state index contributed by atoms with van der Waals surface area (Å²) in [6.45, 7) is 1.47. The quantitative estimate of drug-likeness (QED) is 0.919. The predicted molar refractivity (Wildman–Crippen MR) is 78.3 cm³/mol. The maximum absolute atomic E-state index is 13.1. The second-order valence-corrected chi connectivity index (χ2v) is 4.45. The number of benzene rings is 2. The minimum absolute atomic E-state index is 0.164. The van der Waals surface area contributed by atoms with E-state index in [1.807, 2.05) is 6.07 Å². The zero-order chi connectivity index (χ0) is 15.2. The lowest BCUT2D eigenvalue weighted by Crippen LogP contribution is -2.20. The number of halogens is 1. The summed E-state index contributed by atoms with van der Waals surface area (Å²) in [7, 11) is 1.53. The van der Waals surface area contributed by atoms with Gasteiger partial charge in [-0.2, -0.15) is 0 Å². The molecule has 2 aromatic rings. The highest BCUT2D eigenvalue weighted by atomic mass is 19.1. The SMILES string of the molecule is COc1ccccc1NC(=O)COc1ccc(F)c(C)c1. The topological polar surface area (TPSA) is 47.6 Å². The smallest absolute Gasteiger partial charge is 0.262 e. The number of amides is 1. The van der Waals surface area contributed by atoms with Crippen LogP contribution in [0.5, 0.6) is 11.5 Å². The molecule has 0 heterocycles. The summed E-state index contributed by atoms with van der Waals surface area (Å²) in [5.41, 5.74) is 1.04. The fourth-order valence-electron chi connectivity index (χ4n) is 1.79. The zero-order valence-electron chi connectivity index (χ0n) is 11.9. The zero-order valence-corrected chi connectivity index (χ0v) is 11.9. The molecule has 1 amide bonds. The monoisotopic (exact) mass is 289 g/mol. The van der Waals surface area contributed by atoms with Gasteiger partial charge in [0.05, 0.1) is 12.8 Å². The van der Waals surface area contributed by atoms with Gasteiger partial charge in [-0.1, -0.05) is 12.1 Å². The largest absolute Gasteiger partial charge is 0.495 e. The van der Waals surface area contributed by atoms with Crippen LogP contribution in [-0.4, -0.2) is 19.6 Å². The molecule has 0 radical (unpaired) electrons. The minimum atomic E-state index is -0.318. The Morgan fingerprint density at radius 3 is 2.71 bits per heavy atom. The fourth-order valence-corrected chi connectivity index (χ4v) is 1.79. The van der Waals surface area contributed by atoms with Crippen LogP contribution in [0.1, 0.15) is 5.56 Å². The molecule has 0 spiro atoms. The third-order valence-electron chi connectivity index (χ3n) is 2.88. The van der Waals surface area contributed by atoms with Crippen molar-refractivity contribution < 1.29 is 18.7 Å². The highest BCUT2D eigenvalue weighted by Crippen LogP contribution is 2.23. The van der Waals surface area contributed by atoms with Gasteiger partial charge in [-0.3, -0.25) is 4.79 Å². The Morgan fingerprint density at radius 1 is 1.24 bits per heavy atom. The number of para-hydroxylation sites is 2. The molecular weight excluding hydrogens is 273 g/mol. The number of nitrogens with one attached hydrogen (secondary N) is 1. The molecular formula is C16H16FNO3. The molecule has 0 aliphatic carbocycles. The first-order valence-corrected chi connectivity index (χ1v) is 6.42. The molecule has 2 rings (SSSR count). The Hall–Kier alpha value is -2.56. The molecule has 0 atom stereocenters. The molecule has 0 fully saturated rings. The number of hydrogen-bond donors (Lipinski definition) is 1. The summed E-state index contributed by atoms with van der Waals surface area (Å²) in [5.74, 6) is 0.398. The molecule has 0 aliphatic rings. The number of methoxy groups -OCH3 is 1. The maximum atomic E-state index is 13.1. The Balaban J connectivity index is 1.94. The summed E-state index contributed by atoms with van der Waals surface area (Å²) >= 11 is 0. The molecule has 1 N–H and O–H groups in total. The van der Waals surface area contributed by atoms with Crippen LogP contribution in [0.15, 0.2) is 42.5 Å². The highest BCUT2D eigenvalue weighted by molar-refractivity contribution is 5.93. The number of rotatable bonds is 5. The van der Waals surface area contributed by atoms with Crippen LogP contribution in [-0.2, 0) is 4.79 Å². The van der Waals surface area contributed by atoms with Gasteiger partial charge in [-0.15, -0.1) is 0 Å². The molecule has 21 heavy (non-hydrogen) atoms. The van der Waals surface area contributed by atoms with Gasteiger partial charge in [0.2, 0.25) is 0 Å². The number of ether oxygens (including phenoxy) is 2. The van der Waals surface area contributed by atoms with Crippen molar-refractivity contribution in [1.29, 1.82) is 0 Å². The van der Waals surface area contributed by atoms with Gasteiger partial charge < -0.3 is 14.8 Å². The standard InChI is InChI=1S/C16H16FNO3/c1-11-9-12(7-8-13(11)17)21-10-16(19)18-14-5-3-4-6-15(14)20-2/h3-9H,10H2,1-2H3,(H,18,19). The van der Waals surface area contributed by atoms with E-state index in [9.17, 15) is 9.18 Å². The minimum Gasteiger partial charge on any atom is -0.495 e. The molecule has 110 valence electrons. The van der Waals surface area contributed by atoms with Crippen LogP contribution >= 0.6 is 0 Å². The lowest BCUT2D eigenvalue weighted by Gasteiger charge is -2.11. The lowest BCUT2D eigenvalue weighted by molar-refractivity contribution is -0.118. The van der Waals surface area contributed by atoms with Gasteiger partial charge in [0, 0.05) is 0 Å². The van der Waals surface area contributed by atoms with Crippen LogP contribution in [0.3, 0.4) is 0 Å². The molecule has 0 aliphatic heterocycles. The van der Waals surface area contributed by atoms with Gasteiger partial charge in [-0.25, -0.2) is 4.39 Å². The second-order valence-electron chi connectivity index (χ2n) is 4.45. The normalized spacial score (nSPS) is 10.0. The average molecular weight is 289 g/mol. The second kappa shape index (κ2) is 6.74. The summed E-state index contributed by atoms with van der Waals surface area (Å²) in [6, 6.07) is 11.4. The number of aryl methyl sites for hydroxylation is 1. The number of hydrogen-bond acceptors (Lipinski definition) is 3. The Labute approximate surface area is 122 Å². The fraction of sp³-hybridized carbons (Fsp3) is 0.188. The first kappa shape index (κ1) is 14.8. The average Bonchev–Trinajstić information content (AvgIpc) is 2.49. The van der Waals surface area contributed by atoms with Gasteiger partial charge in [-0.05, 0) is 42.8 Å². The number of carbonyl (C=O) groups excluding carboxylic acids is 1. The summed E-state index contributed by atoms with van der Waals surface area (Å²) in [5, 5.41) is 2.69. The van der Waals surface area contributed by atoms with Crippen LogP contribution in [0.4, 0.5) is 10.1 Å². The molecule has 2 aromatic carbocycles. The van der Waals surface area contributed by atoms with E-state index in [2.05, 4.69) is 5.32 Å². The van der Waals surface area contributed by atoms with Crippen molar-refractivity contribution >= 4 is 11.6 Å². The van der Waals surface area contributed by atoms with Crippen molar-refractivity contribution in [3.8, 4) is 11.5 Å². The van der Waals surface area contributed by atoms with Crippen molar-refractivity contribution in [2.75, 3.05) is 19.0 Å². The number of anilines is 1. The molecule has 0 bridgehead atoms. The van der Waals surface area contributed by atoms with E-state index in [0.717, 1.165) is 0 Å². The predicted octanol–water partition coefficient (Wildman–Crippen LogP) is 3.16. The van der Waals surface area contributed by atoms with Gasteiger partial charge >= 0.3 is 0 Å². The summed E-state index contributed by atoms with van der Waals surface area (Å²) in [6.07, 6.45) is 0. The molecule has 0 unspecified atom stereocenters. The molecule has 0 saturated carbocycles. The first-order chi connectivity index (χ1) is 10.1. The van der Waals surface area contributed by atoms with Crippen molar-refractivity contribution in [2.24, 2.45) is 0 Å². The highest BCUT2D eigenvalue weighted by Gasteiger charge is 2.08. The third kappa shape index (κ3) is 3.95. The van der Waals surface area contributed by atoms with Gasteiger partial charge in [0.15, 0.2) is 6.61 Å². The Morgan fingerprint density at radius 2 is 2.00 bits per heavy atom. The van der Waals surface area contributed by atoms with Crippen molar-refractivity contribution in [2.45, 2.75) is 6.92 Å². The lowest BCUT2D eigenvalue weighted by atomic mass is 10.2. The van der Waals surface area contributed by atoms with Gasteiger partial charge in [0.1, 0.15) is 17.3 Å². The molecule has 5 heteroatoms. The maximum Gasteiger partial charge on any atom is 0.262 e. The van der Waals surface area contributed by atoms with Crippen molar-refractivity contribution in [3.63, 3.8) is 0 Å². The summed E-state index contributed by atoms with van der Waals surface area (Å²) in [4.78, 5) is 11.8. The van der Waals surface area contributed by atoms with E-state index < -0.39 is 0 Å². The van der Waals surface area contributed by atoms with Gasteiger partial charge in [0.25, 0.3) is 5.91 Å². The third-order valence-corrected chi connectivity index (χ3v) is 2.88. The van der Waals surface area contributed by atoms with E-state index in [-0.39, 0.29) is 18.3 Å². The van der Waals surface area contributed by atoms with E-state index in [1.165, 1.54) is 19.2 Å². The molecule has 0 aromatic heterocycles. The Bertz CT molecular complexity index is 643. The molecule has 4 nitrogen and oxygen atoms in total. The van der Waals surface area contributed by atoms with Crippen LogP contribution in [0, 0.1) is 12.7 Å². The Kier molecular flexibility index (Phi) is 4.77. The van der Waals surface area contributed by atoms with Crippen molar-refractivity contribution in [3.05, 3.63) is 53.8 Å². The van der Waals surface area contributed by atoms with Crippen LogP contribution in [0.25, 0.3) is 0 Å². The van der Waals surface area contributed by atoms with Crippen LogP contribution < -0.4 is 14.8 Å². The van der Waals surface area contributed by atoms with Crippen LogP contribution in [0.2, 0.25) is 0 Å². The number of carbonyl (C=O) groups is 1. The first-order valence-electron chi connectivity index (χ1n) is 6.42. The summed E-state index contributed by atoms with van der Waals surface area (Å²) < 4.78 is 23.6.